The van der Waals surface area contributed by atoms with E-state index in [-0.39, 0.29) is 22.6 Å². The van der Waals surface area contributed by atoms with Crippen molar-refractivity contribution in [1.82, 2.24) is 4.90 Å². The van der Waals surface area contributed by atoms with E-state index in [1.54, 1.807) is 19.9 Å². The highest BCUT2D eigenvalue weighted by Gasteiger charge is 2.22. The van der Waals surface area contributed by atoms with Gasteiger partial charge in [0, 0.05) is 43.4 Å². The summed E-state index contributed by atoms with van der Waals surface area (Å²) in [6.45, 7) is 4.81. The second-order valence-corrected chi connectivity index (χ2v) is 5.13. The molecule has 108 valence electrons. The lowest BCUT2D eigenvalue weighted by Crippen LogP contribution is -2.41. The molecule has 0 aromatic heterocycles. The average Bonchev–Trinajstić information content (AvgIpc) is 2.41. The normalized spacial score (nSPS) is 16.0. The average molecular weight is 277 g/mol. The summed E-state index contributed by atoms with van der Waals surface area (Å²) in [7, 11) is 0. The number of nitro benzene ring substituents is 1. The molecule has 0 bridgehead atoms. The van der Waals surface area contributed by atoms with E-state index in [4.69, 9.17) is 0 Å². The van der Waals surface area contributed by atoms with Crippen molar-refractivity contribution in [2.75, 3.05) is 18.4 Å². The second kappa shape index (κ2) is 5.90. The quantitative estimate of drug-likeness (QED) is 0.679. The van der Waals surface area contributed by atoms with E-state index in [2.05, 4.69) is 5.32 Å². The number of nitrogens with one attached hydrogen (secondary N) is 1. The number of carbonyl (C=O) groups is 1. The smallest absolute Gasteiger partial charge is 0.274 e. The van der Waals surface area contributed by atoms with Gasteiger partial charge in [-0.3, -0.25) is 14.9 Å². The summed E-state index contributed by atoms with van der Waals surface area (Å²) in [5.41, 5.74) is 1.60. The van der Waals surface area contributed by atoms with Crippen molar-refractivity contribution in [2.24, 2.45) is 0 Å². The van der Waals surface area contributed by atoms with E-state index in [1.165, 1.54) is 6.07 Å². The number of benzene rings is 1. The number of hydrogen-bond acceptors (Lipinski definition) is 4. The lowest BCUT2D eigenvalue weighted by molar-refractivity contribution is -0.385. The van der Waals surface area contributed by atoms with Gasteiger partial charge in [0.2, 0.25) is 5.91 Å². The standard InChI is InChI=1S/C14H19N3O3/c1-10-13(4-3-5-14(10)17(19)20)15-12-6-8-16(9-7-12)11(2)18/h3-5,12,15H,6-9H2,1-2H3. The van der Waals surface area contributed by atoms with Gasteiger partial charge in [-0.1, -0.05) is 6.07 Å². The SMILES string of the molecule is CC(=O)N1CCC(Nc2cccc([N+](=O)[O-])c2C)CC1. The van der Waals surface area contributed by atoms with Gasteiger partial charge in [-0.05, 0) is 25.8 Å². The van der Waals surface area contributed by atoms with Crippen molar-refractivity contribution in [3.05, 3.63) is 33.9 Å². The Balaban J connectivity index is 2.03. The van der Waals surface area contributed by atoms with Crippen LogP contribution in [0.25, 0.3) is 0 Å². The molecule has 1 aliphatic heterocycles. The fourth-order valence-corrected chi connectivity index (χ4v) is 2.54. The van der Waals surface area contributed by atoms with Crippen molar-refractivity contribution in [1.29, 1.82) is 0 Å². The molecule has 1 N–H and O–H groups in total. The largest absolute Gasteiger partial charge is 0.382 e. The number of likely N-dealkylation sites (tertiary alicyclic amines) is 1. The summed E-state index contributed by atoms with van der Waals surface area (Å²) in [5.74, 6) is 0.106. The molecule has 20 heavy (non-hydrogen) atoms. The summed E-state index contributed by atoms with van der Waals surface area (Å²) in [5, 5.41) is 14.3. The zero-order chi connectivity index (χ0) is 14.7. The Labute approximate surface area is 117 Å². The summed E-state index contributed by atoms with van der Waals surface area (Å²) < 4.78 is 0. The summed E-state index contributed by atoms with van der Waals surface area (Å²) in [6.07, 6.45) is 1.73. The molecule has 0 aliphatic carbocycles. The van der Waals surface area contributed by atoms with E-state index in [1.807, 2.05) is 11.0 Å². The lowest BCUT2D eigenvalue weighted by atomic mass is 10.0. The molecule has 1 heterocycles. The first-order valence-corrected chi connectivity index (χ1v) is 6.75. The van der Waals surface area contributed by atoms with Crippen molar-refractivity contribution in [3.63, 3.8) is 0 Å². The first-order valence-electron chi connectivity index (χ1n) is 6.75. The third-order valence-corrected chi connectivity index (χ3v) is 3.80. The summed E-state index contributed by atoms with van der Waals surface area (Å²) in [6, 6.07) is 5.32. The Morgan fingerprint density at radius 1 is 1.40 bits per heavy atom. The number of rotatable bonds is 3. The molecule has 0 atom stereocenters. The van der Waals surface area contributed by atoms with E-state index in [0.717, 1.165) is 31.6 Å². The van der Waals surface area contributed by atoms with Gasteiger partial charge in [-0.25, -0.2) is 0 Å². The van der Waals surface area contributed by atoms with Crippen LogP contribution in [0.4, 0.5) is 11.4 Å². The predicted molar refractivity (Wildman–Crippen MR) is 76.7 cm³/mol. The van der Waals surface area contributed by atoms with Crippen LogP contribution < -0.4 is 5.32 Å². The van der Waals surface area contributed by atoms with Crippen LogP contribution in [0.3, 0.4) is 0 Å². The molecule has 0 saturated carbocycles. The van der Waals surface area contributed by atoms with Crippen molar-refractivity contribution < 1.29 is 9.72 Å². The predicted octanol–water partition coefficient (Wildman–Crippen LogP) is 2.33. The van der Waals surface area contributed by atoms with Crippen LogP contribution >= 0.6 is 0 Å². The van der Waals surface area contributed by atoms with Gasteiger partial charge in [-0.15, -0.1) is 0 Å². The molecule has 1 fully saturated rings. The highest BCUT2D eigenvalue weighted by molar-refractivity contribution is 5.73. The maximum atomic E-state index is 11.3. The number of nitro groups is 1. The fourth-order valence-electron chi connectivity index (χ4n) is 2.54. The van der Waals surface area contributed by atoms with E-state index < -0.39 is 0 Å². The fraction of sp³-hybridized carbons (Fsp3) is 0.500. The Hall–Kier alpha value is -2.11. The van der Waals surface area contributed by atoms with Crippen molar-refractivity contribution in [2.45, 2.75) is 32.7 Å². The maximum absolute atomic E-state index is 11.3. The first kappa shape index (κ1) is 14.3. The number of anilines is 1. The van der Waals surface area contributed by atoms with Gasteiger partial charge < -0.3 is 10.2 Å². The highest BCUT2D eigenvalue weighted by Crippen LogP contribution is 2.27. The van der Waals surface area contributed by atoms with Crippen LogP contribution in [0.2, 0.25) is 0 Å². The van der Waals surface area contributed by atoms with Crippen LogP contribution in [0.5, 0.6) is 0 Å². The lowest BCUT2D eigenvalue weighted by Gasteiger charge is -2.32. The van der Waals surface area contributed by atoms with Crippen molar-refractivity contribution >= 4 is 17.3 Å². The Morgan fingerprint density at radius 2 is 2.05 bits per heavy atom. The molecule has 0 spiro atoms. The number of amides is 1. The Kier molecular flexibility index (Phi) is 4.22. The summed E-state index contributed by atoms with van der Waals surface area (Å²) in [4.78, 5) is 23.7. The van der Waals surface area contributed by atoms with Gasteiger partial charge in [0.05, 0.1) is 4.92 Å². The van der Waals surface area contributed by atoms with Gasteiger partial charge in [0.1, 0.15) is 0 Å². The molecule has 1 aliphatic rings. The number of hydrogen-bond donors (Lipinski definition) is 1. The molecule has 1 aromatic carbocycles. The molecule has 1 aromatic rings. The number of nitrogens with zero attached hydrogens (tertiary/aromatic N) is 2. The molecule has 1 saturated heterocycles. The van der Waals surface area contributed by atoms with Gasteiger partial charge in [-0.2, -0.15) is 0 Å². The minimum Gasteiger partial charge on any atom is -0.382 e. The van der Waals surface area contributed by atoms with Gasteiger partial charge >= 0.3 is 0 Å². The number of carbonyl (C=O) groups excluding carboxylic acids is 1. The van der Waals surface area contributed by atoms with E-state index in [0.29, 0.717) is 5.56 Å². The summed E-state index contributed by atoms with van der Waals surface area (Å²) >= 11 is 0. The van der Waals surface area contributed by atoms with Gasteiger partial charge in [0.25, 0.3) is 5.69 Å². The third-order valence-electron chi connectivity index (χ3n) is 3.80. The van der Waals surface area contributed by atoms with E-state index in [9.17, 15) is 14.9 Å². The minimum absolute atomic E-state index is 0.106. The molecule has 1 amide bonds. The van der Waals surface area contributed by atoms with Crippen LogP contribution in [0.15, 0.2) is 18.2 Å². The highest BCUT2D eigenvalue weighted by atomic mass is 16.6. The van der Waals surface area contributed by atoms with Crippen molar-refractivity contribution in [3.8, 4) is 0 Å². The molecule has 0 unspecified atom stereocenters. The van der Waals surface area contributed by atoms with Crippen LogP contribution in [0.1, 0.15) is 25.3 Å². The molecule has 6 nitrogen and oxygen atoms in total. The second-order valence-electron chi connectivity index (χ2n) is 5.13. The van der Waals surface area contributed by atoms with Crippen LogP contribution in [-0.4, -0.2) is 34.9 Å². The van der Waals surface area contributed by atoms with Crippen LogP contribution in [0, 0.1) is 17.0 Å². The molecular weight excluding hydrogens is 258 g/mol. The minimum atomic E-state index is -0.362. The number of piperidine rings is 1. The molecule has 0 radical (unpaired) electrons. The van der Waals surface area contributed by atoms with E-state index >= 15 is 0 Å². The third kappa shape index (κ3) is 3.07. The zero-order valence-electron chi connectivity index (χ0n) is 11.8. The maximum Gasteiger partial charge on any atom is 0.274 e. The van der Waals surface area contributed by atoms with Gasteiger partial charge in [0.15, 0.2) is 0 Å². The molecule has 6 heteroatoms. The topological polar surface area (TPSA) is 75.5 Å². The first-order chi connectivity index (χ1) is 9.49. The van der Waals surface area contributed by atoms with Crippen LogP contribution in [-0.2, 0) is 4.79 Å². The Morgan fingerprint density at radius 3 is 2.60 bits per heavy atom. The zero-order valence-corrected chi connectivity index (χ0v) is 11.8. The Bertz CT molecular complexity index is 522. The molecule has 2 rings (SSSR count). The monoisotopic (exact) mass is 277 g/mol. The molecular formula is C14H19N3O3.